The van der Waals surface area contributed by atoms with Gasteiger partial charge < -0.3 is 19.5 Å². The van der Waals surface area contributed by atoms with Crippen LogP contribution < -0.4 is 19.5 Å². The summed E-state index contributed by atoms with van der Waals surface area (Å²) in [7, 11) is 3.10. The Kier molecular flexibility index (Phi) is 5.69. The van der Waals surface area contributed by atoms with Crippen molar-refractivity contribution in [3.8, 4) is 17.2 Å². The predicted octanol–water partition coefficient (Wildman–Crippen LogP) is 5.16. The molecule has 0 heterocycles. The molecule has 0 unspecified atom stereocenters. The summed E-state index contributed by atoms with van der Waals surface area (Å²) in [5.74, 6) is 1.56. The molecule has 150 valence electrons. The van der Waals surface area contributed by atoms with Crippen LogP contribution in [0, 0.1) is 0 Å². The van der Waals surface area contributed by atoms with Crippen LogP contribution in [-0.2, 0) is 4.79 Å². The summed E-state index contributed by atoms with van der Waals surface area (Å²) >= 11 is 12.2. The van der Waals surface area contributed by atoms with Crippen molar-refractivity contribution in [3.05, 3.63) is 48.0 Å². The number of benzene rings is 2. The third-order valence-corrected chi connectivity index (χ3v) is 5.52. The first-order chi connectivity index (χ1) is 13.2. The summed E-state index contributed by atoms with van der Waals surface area (Å²) in [6.07, 6.45) is 0.744. The van der Waals surface area contributed by atoms with E-state index in [-0.39, 0.29) is 11.8 Å². The molecule has 2 aromatic rings. The summed E-state index contributed by atoms with van der Waals surface area (Å²) in [4.78, 5) is 12.8. The van der Waals surface area contributed by atoms with Gasteiger partial charge in [0.2, 0.25) is 0 Å². The lowest BCUT2D eigenvalue weighted by atomic mass is 10.1. The van der Waals surface area contributed by atoms with Crippen molar-refractivity contribution in [1.82, 2.24) is 0 Å². The number of nitrogens with one attached hydrogen (secondary N) is 1. The van der Waals surface area contributed by atoms with Gasteiger partial charge in [-0.2, -0.15) is 0 Å². The van der Waals surface area contributed by atoms with Crippen molar-refractivity contribution in [2.24, 2.45) is 0 Å². The van der Waals surface area contributed by atoms with E-state index >= 15 is 0 Å². The predicted molar refractivity (Wildman–Crippen MR) is 111 cm³/mol. The first kappa shape index (κ1) is 20.6. The van der Waals surface area contributed by atoms with E-state index in [1.54, 1.807) is 39.2 Å². The molecule has 1 fully saturated rings. The van der Waals surface area contributed by atoms with Crippen molar-refractivity contribution in [2.75, 3.05) is 19.5 Å². The average molecular weight is 424 g/mol. The third-order valence-electron chi connectivity index (χ3n) is 4.69. The molecule has 0 aliphatic heterocycles. The molecule has 0 spiro atoms. The fourth-order valence-electron chi connectivity index (χ4n) is 2.86. The Bertz CT molecular complexity index is 865. The number of rotatable bonds is 7. The molecule has 28 heavy (non-hydrogen) atoms. The van der Waals surface area contributed by atoms with E-state index < -0.39 is 9.93 Å². The maximum Gasteiger partial charge on any atom is 0.268 e. The molecule has 7 heteroatoms. The Morgan fingerprint density at radius 3 is 2.21 bits per heavy atom. The molecule has 1 amide bonds. The van der Waals surface area contributed by atoms with Crippen LogP contribution in [0.3, 0.4) is 0 Å². The molecule has 3 rings (SSSR count). The zero-order valence-electron chi connectivity index (χ0n) is 16.2. The van der Waals surface area contributed by atoms with Gasteiger partial charge in [0, 0.05) is 12.0 Å². The Morgan fingerprint density at radius 1 is 1.07 bits per heavy atom. The number of methoxy groups -OCH3 is 2. The quantitative estimate of drug-likeness (QED) is 0.624. The van der Waals surface area contributed by atoms with Crippen LogP contribution in [0.4, 0.5) is 5.69 Å². The zero-order valence-corrected chi connectivity index (χ0v) is 17.7. The smallest absolute Gasteiger partial charge is 0.268 e. The molecule has 1 aliphatic carbocycles. The molecule has 2 aromatic carbocycles. The number of ether oxygens (including phenoxy) is 3. The minimum absolute atomic E-state index is 0.142. The van der Waals surface area contributed by atoms with E-state index in [0.717, 1.165) is 12.0 Å². The van der Waals surface area contributed by atoms with E-state index in [1.165, 1.54) is 7.11 Å². The van der Waals surface area contributed by atoms with Crippen LogP contribution >= 0.6 is 23.2 Å². The van der Waals surface area contributed by atoms with Crippen molar-refractivity contribution >= 4 is 34.8 Å². The van der Waals surface area contributed by atoms with Crippen LogP contribution in [0.1, 0.15) is 31.7 Å². The van der Waals surface area contributed by atoms with Crippen molar-refractivity contribution in [2.45, 2.75) is 36.1 Å². The Hall–Kier alpha value is -2.11. The molecule has 0 aromatic heterocycles. The zero-order chi connectivity index (χ0) is 20.5. The number of hydrogen-bond donors (Lipinski definition) is 1. The summed E-state index contributed by atoms with van der Waals surface area (Å²) in [6.45, 7) is 3.41. The molecular weight excluding hydrogens is 401 g/mol. The van der Waals surface area contributed by atoms with Crippen LogP contribution in [0.2, 0.25) is 0 Å². The molecule has 0 bridgehead atoms. The fraction of sp³-hybridized carbons (Fsp3) is 0.381. The van der Waals surface area contributed by atoms with Crippen molar-refractivity contribution < 1.29 is 19.0 Å². The van der Waals surface area contributed by atoms with E-state index in [4.69, 9.17) is 37.4 Å². The van der Waals surface area contributed by atoms with Gasteiger partial charge in [-0.25, -0.2) is 0 Å². The standard InChI is InChI=1S/C21H23Cl2NO4/c1-20(2,19(25)24-17-10-9-15(26-3)11-18(17)27-4)28-14-7-5-13(6-8-14)16-12-21(16,22)23/h5-11,16H,12H2,1-4H3,(H,24,25)/t16-/m1/s1. The Morgan fingerprint density at radius 2 is 1.68 bits per heavy atom. The normalized spacial score (nSPS) is 17.6. The molecule has 1 atom stereocenters. The number of carbonyl (C=O) groups excluding carboxylic acids is 1. The third kappa shape index (κ3) is 4.47. The number of amides is 1. The monoisotopic (exact) mass is 423 g/mol. The van der Waals surface area contributed by atoms with Gasteiger partial charge in [-0.05, 0) is 50.1 Å². The first-order valence-corrected chi connectivity index (χ1v) is 9.62. The van der Waals surface area contributed by atoms with Gasteiger partial charge >= 0.3 is 0 Å². The van der Waals surface area contributed by atoms with E-state index in [0.29, 0.717) is 22.9 Å². The van der Waals surface area contributed by atoms with Gasteiger partial charge in [-0.3, -0.25) is 4.79 Å². The summed E-state index contributed by atoms with van der Waals surface area (Å²) in [6, 6.07) is 12.7. The average Bonchev–Trinajstić information content (AvgIpc) is 3.30. The second-order valence-corrected chi connectivity index (χ2v) is 8.76. The maximum absolute atomic E-state index is 12.8. The largest absolute Gasteiger partial charge is 0.497 e. The summed E-state index contributed by atoms with van der Waals surface area (Å²) in [5.41, 5.74) is 0.492. The Balaban J connectivity index is 1.68. The lowest BCUT2D eigenvalue weighted by Gasteiger charge is -2.26. The number of hydrogen-bond acceptors (Lipinski definition) is 4. The van der Waals surface area contributed by atoms with Gasteiger partial charge in [0.25, 0.3) is 5.91 Å². The highest BCUT2D eigenvalue weighted by Gasteiger charge is 2.52. The lowest BCUT2D eigenvalue weighted by molar-refractivity contribution is -0.128. The first-order valence-electron chi connectivity index (χ1n) is 8.86. The topological polar surface area (TPSA) is 56.8 Å². The number of carbonyl (C=O) groups is 1. The van der Waals surface area contributed by atoms with E-state index in [1.807, 2.05) is 24.3 Å². The van der Waals surface area contributed by atoms with Gasteiger partial charge in [0.05, 0.1) is 19.9 Å². The highest BCUT2D eigenvalue weighted by Crippen LogP contribution is 2.59. The van der Waals surface area contributed by atoms with Gasteiger partial charge in [0.15, 0.2) is 5.60 Å². The minimum Gasteiger partial charge on any atom is -0.497 e. The SMILES string of the molecule is COc1ccc(NC(=O)C(C)(C)Oc2ccc([C@H]3CC3(Cl)Cl)cc2)c(OC)c1. The minimum atomic E-state index is -1.10. The molecule has 5 nitrogen and oxygen atoms in total. The van der Waals surface area contributed by atoms with Gasteiger partial charge in [-0.15, -0.1) is 23.2 Å². The second kappa shape index (κ2) is 7.72. The highest BCUT2D eigenvalue weighted by atomic mass is 35.5. The molecule has 0 saturated heterocycles. The van der Waals surface area contributed by atoms with Crippen LogP contribution in [0.5, 0.6) is 17.2 Å². The van der Waals surface area contributed by atoms with E-state index in [9.17, 15) is 4.79 Å². The number of anilines is 1. The van der Waals surface area contributed by atoms with Gasteiger partial charge in [0.1, 0.15) is 21.6 Å². The number of alkyl halides is 2. The van der Waals surface area contributed by atoms with Crippen molar-refractivity contribution in [1.29, 1.82) is 0 Å². The summed E-state index contributed by atoms with van der Waals surface area (Å²) in [5, 5.41) is 2.84. The molecule has 1 saturated carbocycles. The molecule has 0 radical (unpaired) electrons. The fourth-order valence-corrected chi connectivity index (χ4v) is 3.42. The van der Waals surface area contributed by atoms with Gasteiger partial charge in [-0.1, -0.05) is 12.1 Å². The molecule has 1 aliphatic rings. The highest BCUT2D eigenvalue weighted by molar-refractivity contribution is 6.51. The van der Waals surface area contributed by atoms with E-state index in [2.05, 4.69) is 5.32 Å². The molecular formula is C21H23Cl2NO4. The maximum atomic E-state index is 12.8. The number of halogens is 2. The molecule has 1 N–H and O–H groups in total. The summed E-state index contributed by atoms with van der Waals surface area (Å²) < 4.78 is 15.7. The lowest BCUT2D eigenvalue weighted by Crippen LogP contribution is -2.42. The van der Waals surface area contributed by atoms with Crippen molar-refractivity contribution in [3.63, 3.8) is 0 Å². The van der Waals surface area contributed by atoms with Crippen LogP contribution in [0.15, 0.2) is 42.5 Å². The van der Waals surface area contributed by atoms with Crippen LogP contribution in [-0.4, -0.2) is 30.1 Å². The Labute approximate surface area is 174 Å². The second-order valence-electron chi connectivity index (χ2n) is 7.22. The van der Waals surface area contributed by atoms with Crippen LogP contribution in [0.25, 0.3) is 0 Å².